The van der Waals surface area contributed by atoms with Gasteiger partial charge in [0.15, 0.2) is 0 Å². The number of hydrogen-bond acceptors (Lipinski definition) is 3. The molecular formula is C11H25NOS. The van der Waals surface area contributed by atoms with Gasteiger partial charge in [0.05, 0.1) is 0 Å². The summed E-state index contributed by atoms with van der Waals surface area (Å²) in [7, 11) is 0. The summed E-state index contributed by atoms with van der Waals surface area (Å²) in [5.41, 5.74) is 0. The van der Waals surface area contributed by atoms with E-state index in [1.54, 1.807) is 0 Å². The molecule has 0 aromatic heterocycles. The van der Waals surface area contributed by atoms with Crippen LogP contribution in [0.25, 0.3) is 0 Å². The number of aliphatic hydroxyl groups excluding tert-OH is 1. The lowest BCUT2D eigenvalue weighted by Crippen LogP contribution is -2.33. The molecule has 0 aliphatic heterocycles. The molecule has 14 heavy (non-hydrogen) atoms. The molecule has 2 nitrogen and oxygen atoms in total. The van der Waals surface area contributed by atoms with E-state index < -0.39 is 0 Å². The summed E-state index contributed by atoms with van der Waals surface area (Å²) in [4.78, 5) is 2.45. The van der Waals surface area contributed by atoms with Crippen molar-refractivity contribution in [2.45, 2.75) is 39.7 Å². The highest BCUT2D eigenvalue weighted by Gasteiger charge is 2.07. The van der Waals surface area contributed by atoms with Gasteiger partial charge in [0.2, 0.25) is 0 Å². The summed E-state index contributed by atoms with van der Waals surface area (Å²) in [5.74, 6) is 2.48. The molecule has 0 heterocycles. The third kappa shape index (κ3) is 7.65. The molecule has 0 spiro atoms. The Bertz CT molecular complexity index is 120. The highest BCUT2D eigenvalue weighted by atomic mass is 32.2. The zero-order valence-corrected chi connectivity index (χ0v) is 10.6. The van der Waals surface area contributed by atoms with Gasteiger partial charge in [-0.25, -0.2) is 0 Å². The van der Waals surface area contributed by atoms with Crippen molar-refractivity contribution in [2.75, 3.05) is 31.2 Å². The Morgan fingerprint density at radius 1 is 1.21 bits per heavy atom. The van der Waals surface area contributed by atoms with Crippen molar-refractivity contribution in [2.24, 2.45) is 0 Å². The smallest absolute Gasteiger partial charge is 0.0443 e. The number of thioether (sulfide) groups is 1. The molecule has 0 aliphatic rings. The molecule has 0 radical (unpaired) electrons. The third-order valence-corrected chi connectivity index (χ3v) is 3.26. The Kier molecular flexibility index (Phi) is 10.0. The normalized spacial score (nSPS) is 11.6. The molecule has 0 aliphatic carbocycles. The van der Waals surface area contributed by atoms with Crippen LogP contribution in [0.2, 0.25) is 0 Å². The third-order valence-electron chi connectivity index (χ3n) is 2.27. The van der Waals surface area contributed by atoms with Crippen LogP contribution in [0.5, 0.6) is 0 Å². The fourth-order valence-corrected chi connectivity index (χ4v) is 2.04. The predicted octanol–water partition coefficient (Wildman–Crippen LogP) is 2.22. The van der Waals surface area contributed by atoms with Crippen molar-refractivity contribution < 1.29 is 5.11 Å². The molecule has 0 unspecified atom stereocenters. The van der Waals surface area contributed by atoms with E-state index in [-0.39, 0.29) is 0 Å². The van der Waals surface area contributed by atoms with Crippen molar-refractivity contribution in [3.8, 4) is 0 Å². The molecule has 0 rings (SSSR count). The van der Waals surface area contributed by atoms with Crippen molar-refractivity contribution in [1.29, 1.82) is 0 Å². The first-order valence-corrected chi connectivity index (χ1v) is 6.80. The first-order valence-electron chi connectivity index (χ1n) is 5.65. The summed E-state index contributed by atoms with van der Waals surface area (Å²) >= 11 is 2.01. The maximum Gasteiger partial charge on any atom is 0.0443 e. The lowest BCUT2D eigenvalue weighted by Gasteiger charge is -2.25. The second-order valence-corrected chi connectivity index (χ2v) is 5.15. The molecule has 0 fully saturated rings. The van der Waals surface area contributed by atoms with Crippen LogP contribution in [0.4, 0.5) is 0 Å². The van der Waals surface area contributed by atoms with Gasteiger partial charge in [-0.1, -0.05) is 6.92 Å². The van der Waals surface area contributed by atoms with E-state index in [1.165, 1.54) is 24.5 Å². The first kappa shape index (κ1) is 14.3. The van der Waals surface area contributed by atoms with E-state index in [0.29, 0.717) is 12.6 Å². The quantitative estimate of drug-likeness (QED) is 0.602. The van der Waals surface area contributed by atoms with Gasteiger partial charge in [-0.05, 0) is 44.7 Å². The van der Waals surface area contributed by atoms with Crippen LogP contribution in [-0.4, -0.2) is 47.3 Å². The Hall–Kier alpha value is 0.270. The molecule has 3 heteroatoms. The Labute approximate surface area is 93.1 Å². The minimum absolute atomic E-state index is 0.312. The molecule has 0 aromatic rings. The Balaban J connectivity index is 3.52. The number of rotatable bonds is 9. The van der Waals surface area contributed by atoms with Crippen LogP contribution in [0.3, 0.4) is 0 Å². The zero-order valence-electron chi connectivity index (χ0n) is 9.83. The van der Waals surface area contributed by atoms with Gasteiger partial charge in [0.1, 0.15) is 0 Å². The van der Waals surface area contributed by atoms with Gasteiger partial charge >= 0.3 is 0 Å². The van der Waals surface area contributed by atoms with Gasteiger partial charge in [-0.3, -0.25) is 0 Å². The van der Waals surface area contributed by atoms with Gasteiger partial charge in [0.25, 0.3) is 0 Å². The standard InChI is InChI=1S/C11H25NOS/c1-4-14-10-6-8-12(11(2)3)7-5-9-13/h11,13H,4-10H2,1-3H3. The first-order chi connectivity index (χ1) is 6.72. The fraction of sp³-hybridized carbons (Fsp3) is 1.00. The molecule has 0 aromatic carbocycles. The van der Waals surface area contributed by atoms with Crippen LogP contribution >= 0.6 is 11.8 Å². The highest BCUT2D eigenvalue weighted by molar-refractivity contribution is 7.99. The van der Waals surface area contributed by atoms with E-state index in [4.69, 9.17) is 5.11 Å². The van der Waals surface area contributed by atoms with E-state index in [0.717, 1.165) is 13.0 Å². The van der Waals surface area contributed by atoms with Crippen LogP contribution in [-0.2, 0) is 0 Å². The monoisotopic (exact) mass is 219 g/mol. The maximum atomic E-state index is 8.78. The van der Waals surface area contributed by atoms with Crippen molar-refractivity contribution in [3.63, 3.8) is 0 Å². The maximum absolute atomic E-state index is 8.78. The predicted molar refractivity (Wildman–Crippen MR) is 66.0 cm³/mol. The molecule has 0 amide bonds. The van der Waals surface area contributed by atoms with E-state index >= 15 is 0 Å². The minimum Gasteiger partial charge on any atom is -0.396 e. The molecular weight excluding hydrogens is 194 g/mol. The molecule has 0 saturated heterocycles. The molecule has 86 valence electrons. The second kappa shape index (κ2) is 9.81. The lowest BCUT2D eigenvalue weighted by atomic mass is 10.2. The van der Waals surface area contributed by atoms with Gasteiger partial charge in [0, 0.05) is 19.2 Å². The van der Waals surface area contributed by atoms with Crippen LogP contribution < -0.4 is 0 Å². The van der Waals surface area contributed by atoms with Crippen molar-refractivity contribution in [1.82, 2.24) is 4.90 Å². The number of hydrogen-bond donors (Lipinski definition) is 1. The van der Waals surface area contributed by atoms with Gasteiger partial charge < -0.3 is 10.0 Å². The van der Waals surface area contributed by atoms with E-state index in [1.807, 2.05) is 11.8 Å². The summed E-state index contributed by atoms with van der Waals surface area (Å²) in [6, 6.07) is 0.605. The van der Waals surface area contributed by atoms with Crippen LogP contribution in [0.1, 0.15) is 33.6 Å². The summed E-state index contributed by atoms with van der Waals surface area (Å²) in [6.45, 7) is 9.17. The summed E-state index contributed by atoms with van der Waals surface area (Å²) in [6.07, 6.45) is 2.17. The Morgan fingerprint density at radius 3 is 2.36 bits per heavy atom. The molecule has 0 bridgehead atoms. The molecule has 1 N–H and O–H groups in total. The number of aliphatic hydroxyl groups is 1. The minimum atomic E-state index is 0.312. The average Bonchev–Trinajstić information content (AvgIpc) is 2.16. The van der Waals surface area contributed by atoms with Gasteiger partial charge in [-0.2, -0.15) is 11.8 Å². The second-order valence-electron chi connectivity index (χ2n) is 3.76. The SMILES string of the molecule is CCSCCCN(CCCO)C(C)C. The topological polar surface area (TPSA) is 23.5 Å². The fourth-order valence-electron chi connectivity index (χ4n) is 1.42. The molecule has 0 atom stereocenters. The largest absolute Gasteiger partial charge is 0.396 e. The zero-order chi connectivity index (χ0) is 10.8. The van der Waals surface area contributed by atoms with E-state index in [9.17, 15) is 0 Å². The van der Waals surface area contributed by atoms with Crippen LogP contribution in [0, 0.1) is 0 Å². The average molecular weight is 219 g/mol. The number of nitrogens with zero attached hydrogens (tertiary/aromatic N) is 1. The molecule has 0 saturated carbocycles. The van der Waals surface area contributed by atoms with Crippen molar-refractivity contribution >= 4 is 11.8 Å². The summed E-state index contributed by atoms with van der Waals surface area (Å²) in [5, 5.41) is 8.78. The van der Waals surface area contributed by atoms with Crippen LogP contribution in [0.15, 0.2) is 0 Å². The van der Waals surface area contributed by atoms with Crippen molar-refractivity contribution in [3.05, 3.63) is 0 Å². The van der Waals surface area contributed by atoms with E-state index in [2.05, 4.69) is 25.7 Å². The van der Waals surface area contributed by atoms with Gasteiger partial charge in [-0.15, -0.1) is 0 Å². The summed E-state index contributed by atoms with van der Waals surface area (Å²) < 4.78 is 0. The highest BCUT2D eigenvalue weighted by Crippen LogP contribution is 2.05. The Morgan fingerprint density at radius 2 is 1.86 bits per heavy atom. The lowest BCUT2D eigenvalue weighted by molar-refractivity contribution is 0.192.